The minimum absolute atomic E-state index is 0.143. The third-order valence-corrected chi connectivity index (χ3v) is 11.8. The molecule has 1 aromatic heterocycles. The van der Waals surface area contributed by atoms with Crippen LogP contribution in [0.15, 0.2) is 44.7 Å². The number of aliphatic hydroxyl groups excluding tert-OH is 2. The van der Waals surface area contributed by atoms with Crippen molar-refractivity contribution < 1.29 is 28.9 Å². The van der Waals surface area contributed by atoms with Crippen LogP contribution in [-0.2, 0) is 11.2 Å². The number of aliphatic imine (C=N–C) groups is 1. The van der Waals surface area contributed by atoms with E-state index in [1.807, 2.05) is 11.4 Å². The number of carbonyl (C=O) groups is 1. The van der Waals surface area contributed by atoms with E-state index in [1.54, 1.807) is 50.3 Å². The van der Waals surface area contributed by atoms with E-state index in [4.69, 9.17) is 0 Å². The molecule has 5 rings (SSSR count). The van der Waals surface area contributed by atoms with E-state index < -0.39 is 64.5 Å². The van der Waals surface area contributed by atoms with Crippen molar-refractivity contribution >= 4 is 38.8 Å². The Bertz CT molecular complexity index is 1200. The van der Waals surface area contributed by atoms with Crippen molar-refractivity contribution in [1.82, 2.24) is 0 Å². The summed E-state index contributed by atoms with van der Waals surface area (Å²) in [6.07, 6.45) is 2.80. The maximum absolute atomic E-state index is 17.4. The molecule has 202 valence electrons. The predicted molar refractivity (Wildman–Crippen MR) is 143 cm³/mol. The van der Waals surface area contributed by atoms with Gasteiger partial charge >= 0.3 is 0 Å². The van der Waals surface area contributed by atoms with Gasteiger partial charge in [0.05, 0.1) is 11.8 Å². The summed E-state index contributed by atoms with van der Waals surface area (Å²) in [5.74, 6) is -2.70. The fourth-order valence-corrected chi connectivity index (χ4v) is 9.59. The van der Waals surface area contributed by atoms with Crippen LogP contribution in [0.3, 0.4) is 0 Å². The van der Waals surface area contributed by atoms with Crippen LogP contribution < -0.4 is 0 Å². The summed E-state index contributed by atoms with van der Waals surface area (Å²) in [4.78, 5) is 18.5. The number of rotatable bonds is 5. The lowest BCUT2D eigenvalue weighted by atomic mass is 9.44. The van der Waals surface area contributed by atoms with Crippen molar-refractivity contribution in [2.45, 2.75) is 70.0 Å². The van der Waals surface area contributed by atoms with Crippen molar-refractivity contribution in [3.8, 4) is 0 Å². The van der Waals surface area contributed by atoms with Gasteiger partial charge in [0.15, 0.2) is 11.5 Å². The molecule has 0 bridgehead atoms. The number of allylic oxidation sites excluding steroid dienone is 4. The first-order valence-corrected chi connectivity index (χ1v) is 14.6. The highest BCUT2D eigenvalue weighted by atomic mass is 79.9. The summed E-state index contributed by atoms with van der Waals surface area (Å²) in [5.41, 5.74) is -5.78. The smallest absolute Gasteiger partial charge is 0.190 e. The Kier molecular flexibility index (Phi) is 6.75. The molecule has 4 aliphatic rings. The quantitative estimate of drug-likeness (QED) is 0.455. The van der Waals surface area contributed by atoms with Crippen LogP contribution >= 0.6 is 27.3 Å². The Morgan fingerprint density at radius 1 is 1.30 bits per heavy atom. The Morgan fingerprint density at radius 3 is 2.68 bits per heavy atom. The van der Waals surface area contributed by atoms with Crippen molar-refractivity contribution in [3.05, 3.63) is 44.6 Å². The standard InChI is InChI=1S/C28H34BrF2NO4S/c1-15-8-19-20-11-22(30)21-10-17(32-7-5-18-9-16(29)14-37-18)4-6-25(21,2)27(20,31)23(34)12-26(19,3)28(15,36)24(35)13-33/h4,6,9-10,14-15,19-20,22-23,33-34,36H,5,7-8,11-13H2,1-3H3/t15-,19-,20-,22-,23-,25-,26-,27-,28-/m0/s1. The molecule has 3 saturated carbocycles. The highest BCUT2D eigenvalue weighted by Crippen LogP contribution is 2.70. The Labute approximate surface area is 228 Å². The monoisotopic (exact) mass is 597 g/mol. The molecule has 0 aromatic carbocycles. The van der Waals surface area contributed by atoms with E-state index in [-0.39, 0.29) is 18.4 Å². The number of hydrogen-bond acceptors (Lipinski definition) is 6. The number of Topliss-reactive ketones (excluding diaryl/α,β-unsaturated/α-hetero) is 1. The summed E-state index contributed by atoms with van der Waals surface area (Å²) >= 11 is 5.08. The lowest BCUT2D eigenvalue weighted by Gasteiger charge is -2.63. The number of carbonyl (C=O) groups excluding carboxylic acids is 1. The number of fused-ring (bicyclic) bond motifs is 5. The Balaban J connectivity index is 1.47. The molecule has 5 nitrogen and oxygen atoms in total. The number of ketones is 1. The fraction of sp³-hybridized carbons (Fsp3) is 0.643. The number of aliphatic hydroxyl groups is 3. The Morgan fingerprint density at radius 2 is 2.03 bits per heavy atom. The van der Waals surface area contributed by atoms with E-state index in [2.05, 4.69) is 20.9 Å². The van der Waals surface area contributed by atoms with Gasteiger partial charge < -0.3 is 15.3 Å². The molecule has 9 heteroatoms. The first kappa shape index (κ1) is 27.3. The number of hydrogen-bond donors (Lipinski definition) is 3. The zero-order valence-corrected chi connectivity index (χ0v) is 23.7. The van der Waals surface area contributed by atoms with Gasteiger partial charge in [0.2, 0.25) is 0 Å². The zero-order chi connectivity index (χ0) is 27.0. The number of nitrogens with zero attached hydrogens (tertiary/aromatic N) is 1. The summed E-state index contributed by atoms with van der Waals surface area (Å²) < 4.78 is 34.4. The molecule has 9 atom stereocenters. The average molecular weight is 599 g/mol. The highest BCUT2D eigenvalue weighted by Gasteiger charge is 2.76. The molecule has 0 saturated heterocycles. The molecule has 0 aliphatic heterocycles. The summed E-state index contributed by atoms with van der Waals surface area (Å²) in [7, 11) is 0. The van der Waals surface area contributed by atoms with Crippen molar-refractivity contribution in [3.63, 3.8) is 0 Å². The normalized spacial score (nSPS) is 45.8. The van der Waals surface area contributed by atoms with E-state index >= 15 is 8.78 Å². The third-order valence-electron chi connectivity index (χ3n) is 10.1. The van der Waals surface area contributed by atoms with Gasteiger partial charge in [0.1, 0.15) is 18.4 Å². The third kappa shape index (κ3) is 3.67. The molecule has 37 heavy (non-hydrogen) atoms. The highest BCUT2D eigenvalue weighted by molar-refractivity contribution is 9.10. The molecule has 0 radical (unpaired) electrons. The van der Waals surface area contributed by atoms with Gasteiger partial charge in [-0.1, -0.05) is 19.9 Å². The minimum atomic E-state index is -2.18. The molecule has 0 spiro atoms. The van der Waals surface area contributed by atoms with Crippen molar-refractivity contribution in [2.24, 2.45) is 33.6 Å². The summed E-state index contributed by atoms with van der Waals surface area (Å²) in [6, 6.07) is 2.04. The van der Waals surface area contributed by atoms with Crippen LogP contribution in [0.1, 0.15) is 44.9 Å². The first-order valence-electron chi connectivity index (χ1n) is 12.9. The second kappa shape index (κ2) is 9.15. The van der Waals surface area contributed by atoms with Gasteiger partial charge in [-0.2, -0.15) is 0 Å². The number of alkyl halides is 2. The van der Waals surface area contributed by atoms with Gasteiger partial charge in [-0.3, -0.25) is 9.79 Å². The molecule has 3 N–H and O–H groups in total. The largest absolute Gasteiger partial charge is 0.390 e. The molecule has 4 aliphatic carbocycles. The van der Waals surface area contributed by atoms with Crippen molar-refractivity contribution in [1.29, 1.82) is 0 Å². The molecule has 1 aromatic rings. The molecule has 1 heterocycles. The van der Waals surface area contributed by atoms with Gasteiger partial charge in [0.25, 0.3) is 0 Å². The van der Waals surface area contributed by atoms with Crippen LogP contribution in [0.4, 0.5) is 8.78 Å². The van der Waals surface area contributed by atoms with E-state index in [1.165, 1.54) is 4.88 Å². The molecule has 3 fully saturated rings. The maximum Gasteiger partial charge on any atom is 0.190 e. The van der Waals surface area contributed by atoms with E-state index in [0.29, 0.717) is 18.7 Å². The first-order chi connectivity index (χ1) is 17.3. The second-order valence-electron chi connectivity index (χ2n) is 11.7. The van der Waals surface area contributed by atoms with E-state index in [0.717, 1.165) is 10.9 Å². The van der Waals surface area contributed by atoms with Gasteiger partial charge in [-0.05, 0) is 77.7 Å². The molecular formula is C28H34BrF2NO4S. The lowest BCUT2D eigenvalue weighted by Crippen LogP contribution is -2.70. The summed E-state index contributed by atoms with van der Waals surface area (Å²) in [6.45, 7) is 4.72. The van der Waals surface area contributed by atoms with Crippen LogP contribution in [-0.4, -0.2) is 63.5 Å². The molecule has 0 unspecified atom stereocenters. The van der Waals surface area contributed by atoms with Gasteiger partial charge in [0, 0.05) is 44.4 Å². The van der Waals surface area contributed by atoms with Crippen LogP contribution in [0.5, 0.6) is 0 Å². The van der Waals surface area contributed by atoms with Crippen molar-refractivity contribution in [2.75, 3.05) is 13.2 Å². The predicted octanol–water partition coefficient (Wildman–Crippen LogP) is 4.78. The Hall–Kier alpha value is -1.26. The molecular weight excluding hydrogens is 564 g/mol. The van der Waals surface area contributed by atoms with Crippen LogP contribution in [0.2, 0.25) is 0 Å². The van der Waals surface area contributed by atoms with Gasteiger partial charge in [-0.15, -0.1) is 11.3 Å². The SMILES string of the molecule is C[C@H]1C[C@H]2[C@@H]3C[C@H](F)C4=CC(=NCCc5cc(Br)cs5)C=C[C@]4(C)[C@@]3(F)[C@@H](O)C[C@]2(C)[C@@]1(O)C(=O)CO. The molecule has 0 amide bonds. The average Bonchev–Trinajstić information content (AvgIpc) is 3.35. The maximum atomic E-state index is 17.4. The number of thiophene rings is 1. The van der Waals surface area contributed by atoms with Crippen LogP contribution in [0, 0.1) is 28.6 Å². The topological polar surface area (TPSA) is 90.1 Å². The van der Waals surface area contributed by atoms with E-state index in [9.17, 15) is 20.1 Å². The van der Waals surface area contributed by atoms with Crippen LogP contribution in [0.25, 0.3) is 0 Å². The fourth-order valence-electron chi connectivity index (χ4n) is 8.14. The lowest BCUT2D eigenvalue weighted by molar-refractivity contribution is -0.223. The number of halogens is 3. The van der Waals surface area contributed by atoms with Gasteiger partial charge in [-0.25, -0.2) is 8.78 Å². The zero-order valence-electron chi connectivity index (χ0n) is 21.3. The minimum Gasteiger partial charge on any atom is -0.390 e. The second-order valence-corrected chi connectivity index (χ2v) is 13.6. The summed E-state index contributed by atoms with van der Waals surface area (Å²) in [5, 5.41) is 34.6.